The number of rotatable bonds is 4. The number of carbonyl (C=O) groups excluding carboxylic acids is 2. The number of carbonyl (C=O) groups is 4. The molecule has 2 aliphatic rings. The van der Waals surface area contributed by atoms with Crippen LogP contribution >= 0.6 is 11.8 Å². The number of benzene rings is 1. The van der Waals surface area contributed by atoms with Crippen molar-refractivity contribution >= 4 is 41.2 Å². The van der Waals surface area contributed by atoms with Gasteiger partial charge in [-0.1, -0.05) is 6.07 Å². The van der Waals surface area contributed by atoms with Gasteiger partial charge < -0.3 is 15.1 Å². The average Bonchev–Trinajstić information content (AvgIpc) is 2.92. The fourth-order valence-electron chi connectivity index (χ4n) is 3.00. The third-order valence-corrected chi connectivity index (χ3v) is 5.42. The number of carboxylic acids is 2. The molecule has 3 atom stereocenters. The first-order valence-corrected chi connectivity index (χ1v) is 8.17. The lowest BCUT2D eigenvalue weighted by Crippen LogP contribution is -2.71. The zero-order valence-corrected chi connectivity index (χ0v) is 13.4. The van der Waals surface area contributed by atoms with Gasteiger partial charge in [0.2, 0.25) is 5.91 Å². The SMILES string of the molecule is CC(=O)N(c1cccc(C(=O)O)c1)C1C(=O)N2C(C(=O)O)CSC12. The highest BCUT2D eigenvalue weighted by molar-refractivity contribution is 8.00. The van der Waals surface area contributed by atoms with Gasteiger partial charge in [0.25, 0.3) is 5.91 Å². The van der Waals surface area contributed by atoms with Crippen LogP contribution in [-0.4, -0.2) is 62.1 Å². The normalized spacial score (nSPS) is 25.0. The summed E-state index contributed by atoms with van der Waals surface area (Å²) in [5.41, 5.74) is 0.310. The lowest BCUT2D eigenvalue weighted by atomic mass is 10.0. The van der Waals surface area contributed by atoms with Crippen LogP contribution in [0.15, 0.2) is 24.3 Å². The Hall–Kier alpha value is -2.55. The van der Waals surface area contributed by atoms with E-state index in [1.54, 1.807) is 6.07 Å². The molecule has 0 aliphatic carbocycles. The van der Waals surface area contributed by atoms with Crippen LogP contribution in [0.3, 0.4) is 0 Å². The molecule has 2 N–H and O–H groups in total. The Bertz CT molecular complexity index is 751. The number of hydrogen-bond acceptors (Lipinski definition) is 5. The first-order valence-electron chi connectivity index (χ1n) is 7.12. The minimum atomic E-state index is -1.14. The molecule has 126 valence electrons. The van der Waals surface area contributed by atoms with Gasteiger partial charge in [-0.25, -0.2) is 9.59 Å². The highest BCUT2D eigenvalue weighted by Crippen LogP contribution is 2.43. The molecule has 0 bridgehead atoms. The maximum Gasteiger partial charge on any atom is 0.335 e. The predicted molar refractivity (Wildman–Crippen MR) is 84.9 cm³/mol. The summed E-state index contributed by atoms with van der Waals surface area (Å²) in [7, 11) is 0. The fourth-order valence-corrected chi connectivity index (χ4v) is 4.51. The second kappa shape index (κ2) is 5.82. The van der Waals surface area contributed by atoms with Crippen molar-refractivity contribution in [2.45, 2.75) is 24.4 Å². The van der Waals surface area contributed by atoms with Crippen molar-refractivity contribution in [3.05, 3.63) is 29.8 Å². The summed E-state index contributed by atoms with van der Waals surface area (Å²) in [6, 6.07) is 4.07. The smallest absolute Gasteiger partial charge is 0.335 e. The van der Waals surface area contributed by atoms with E-state index >= 15 is 0 Å². The standard InChI is InChI=1S/C15H14N2O6S/c1-7(18)16(9-4-2-3-8(5-9)14(20)21)11-12(19)17-10(15(22)23)6-24-13(11)17/h2-5,10-11,13H,6H2,1H3,(H,20,21)(H,22,23). The zero-order valence-electron chi connectivity index (χ0n) is 12.6. The summed E-state index contributed by atoms with van der Waals surface area (Å²) in [5.74, 6) is -2.78. The van der Waals surface area contributed by atoms with Gasteiger partial charge in [-0.2, -0.15) is 0 Å². The van der Waals surface area contributed by atoms with Crippen LogP contribution in [0.25, 0.3) is 0 Å². The highest BCUT2D eigenvalue weighted by atomic mass is 32.2. The molecule has 0 aromatic heterocycles. The number of hydrogen-bond donors (Lipinski definition) is 2. The van der Waals surface area contributed by atoms with E-state index in [0.29, 0.717) is 5.69 Å². The minimum absolute atomic E-state index is 0.00451. The van der Waals surface area contributed by atoms with Crippen molar-refractivity contribution in [1.82, 2.24) is 4.90 Å². The minimum Gasteiger partial charge on any atom is -0.480 e. The summed E-state index contributed by atoms with van der Waals surface area (Å²) in [5, 5.41) is 17.8. The molecule has 1 aromatic carbocycles. The van der Waals surface area contributed by atoms with Crippen molar-refractivity contribution in [3.63, 3.8) is 0 Å². The second-order valence-electron chi connectivity index (χ2n) is 5.51. The average molecular weight is 350 g/mol. The van der Waals surface area contributed by atoms with Crippen LogP contribution in [0.5, 0.6) is 0 Å². The quantitative estimate of drug-likeness (QED) is 0.759. The monoisotopic (exact) mass is 350 g/mol. The maximum atomic E-state index is 12.4. The fraction of sp³-hybridized carbons (Fsp3) is 0.333. The first kappa shape index (κ1) is 16.3. The summed E-state index contributed by atoms with van der Waals surface area (Å²) in [6.45, 7) is 1.29. The van der Waals surface area contributed by atoms with Gasteiger partial charge >= 0.3 is 11.9 Å². The first-order chi connectivity index (χ1) is 11.3. The topological polar surface area (TPSA) is 115 Å². The van der Waals surface area contributed by atoms with E-state index in [0.717, 1.165) is 0 Å². The summed E-state index contributed by atoms with van der Waals surface area (Å²) >= 11 is 1.31. The number of thioether (sulfide) groups is 1. The Labute approximate surface area is 141 Å². The van der Waals surface area contributed by atoms with E-state index < -0.39 is 41.2 Å². The van der Waals surface area contributed by atoms with Gasteiger partial charge in [0.1, 0.15) is 17.5 Å². The van der Waals surface area contributed by atoms with Crippen LogP contribution in [-0.2, 0) is 14.4 Å². The number of carboxylic acid groups (broad SMARTS) is 2. The van der Waals surface area contributed by atoms with Gasteiger partial charge in [0, 0.05) is 18.4 Å². The van der Waals surface area contributed by atoms with Gasteiger partial charge in [-0.3, -0.25) is 14.5 Å². The van der Waals surface area contributed by atoms with Crippen LogP contribution in [0.1, 0.15) is 17.3 Å². The number of nitrogens with zero attached hydrogens (tertiary/aromatic N) is 2. The van der Waals surface area contributed by atoms with Gasteiger partial charge in [0.05, 0.1) is 5.56 Å². The Morgan fingerprint density at radius 2 is 2.00 bits per heavy atom. The molecule has 0 radical (unpaired) electrons. The van der Waals surface area contributed by atoms with Crippen molar-refractivity contribution in [2.24, 2.45) is 0 Å². The number of β-lactam (4-membered cyclic amide) rings is 1. The Morgan fingerprint density at radius 3 is 2.58 bits per heavy atom. The molecule has 0 saturated carbocycles. The molecule has 9 heteroatoms. The molecule has 3 rings (SSSR count). The molecule has 2 aliphatic heterocycles. The number of aromatic carboxylic acids is 1. The van der Waals surface area contributed by atoms with Crippen molar-refractivity contribution < 1.29 is 29.4 Å². The van der Waals surface area contributed by atoms with Gasteiger partial charge in [0.15, 0.2) is 0 Å². The summed E-state index contributed by atoms with van der Waals surface area (Å²) in [6.07, 6.45) is 0. The van der Waals surface area contributed by atoms with Crippen molar-refractivity contribution in [3.8, 4) is 0 Å². The number of aliphatic carboxylic acids is 1. The van der Waals surface area contributed by atoms with E-state index in [2.05, 4.69) is 0 Å². The van der Waals surface area contributed by atoms with E-state index in [1.807, 2.05) is 0 Å². The third-order valence-electron chi connectivity index (χ3n) is 4.09. The number of anilines is 1. The van der Waals surface area contributed by atoms with E-state index in [4.69, 9.17) is 10.2 Å². The molecule has 2 amide bonds. The Kier molecular flexibility index (Phi) is 3.96. The number of fused-ring (bicyclic) bond motifs is 1. The largest absolute Gasteiger partial charge is 0.480 e. The predicted octanol–water partition coefficient (Wildman–Crippen LogP) is 0.475. The van der Waals surface area contributed by atoms with Crippen LogP contribution in [0, 0.1) is 0 Å². The molecule has 2 heterocycles. The molecule has 1 aromatic rings. The summed E-state index contributed by atoms with van der Waals surface area (Å²) in [4.78, 5) is 49.3. The van der Waals surface area contributed by atoms with E-state index in [9.17, 15) is 19.2 Å². The number of amides is 2. The van der Waals surface area contributed by atoms with Crippen molar-refractivity contribution in [1.29, 1.82) is 0 Å². The molecule has 2 saturated heterocycles. The highest BCUT2D eigenvalue weighted by Gasteiger charge is 2.59. The molecular formula is C15H14N2O6S. The Morgan fingerprint density at radius 1 is 1.29 bits per heavy atom. The third kappa shape index (κ3) is 2.41. The lowest BCUT2D eigenvalue weighted by Gasteiger charge is -2.48. The lowest BCUT2D eigenvalue weighted by molar-refractivity contribution is -0.157. The van der Waals surface area contributed by atoms with Gasteiger partial charge in [-0.05, 0) is 18.2 Å². The zero-order chi connectivity index (χ0) is 17.6. The molecular weight excluding hydrogens is 336 g/mol. The molecule has 0 spiro atoms. The van der Waals surface area contributed by atoms with Gasteiger partial charge in [-0.15, -0.1) is 11.8 Å². The Balaban J connectivity index is 1.93. The van der Waals surface area contributed by atoms with Crippen molar-refractivity contribution in [2.75, 3.05) is 10.7 Å². The van der Waals surface area contributed by atoms with E-state index in [1.165, 1.54) is 46.7 Å². The second-order valence-corrected chi connectivity index (χ2v) is 6.66. The molecule has 3 unspecified atom stereocenters. The molecule has 24 heavy (non-hydrogen) atoms. The van der Waals surface area contributed by atoms with Crippen LogP contribution < -0.4 is 4.90 Å². The summed E-state index contributed by atoms with van der Waals surface area (Å²) < 4.78 is 0. The van der Waals surface area contributed by atoms with Crippen LogP contribution in [0.2, 0.25) is 0 Å². The van der Waals surface area contributed by atoms with Crippen LogP contribution in [0.4, 0.5) is 5.69 Å². The maximum absolute atomic E-state index is 12.4. The van der Waals surface area contributed by atoms with E-state index in [-0.39, 0.29) is 11.3 Å². The molecule has 2 fully saturated rings. The molecule has 8 nitrogen and oxygen atoms in total.